The molecule has 0 aliphatic carbocycles. The van der Waals surface area contributed by atoms with Crippen molar-refractivity contribution < 1.29 is 50.0 Å². The number of aliphatic hydroxyl groups excluding tert-OH is 7. The van der Waals surface area contributed by atoms with Crippen LogP contribution in [-0.4, -0.2) is 110 Å². The van der Waals surface area contributed by atoms with E-state index in [0.717, 1.165) is 38.5 Å². The molecule has 1 saturated heterocycles. The number of aliphatic hydroxyl groups is 7. The van der Waals surface area contributed by atoms with Gasteiger partial charge in [0.15, 0.2) is 6.29 Å². The van der Waals surface area contributed by atoms with E-state index in [1.807, 2.05) is 0 Å². The molecule has 11 nitrogen and oxygen atoms in total. The van der Waals surface area contributed by atoms with Gasteiger partial charge in [-0.05, 0) is 77.0 Å². The Morgan fingerprint density at radius 3 is 0.947 bits per heavy atom. The van der Waals surface area contributed by atoms with E-state index in [0.29, 0.717) is 19.3 Å². The molecule has 556 valence electrons. The van der Waals surface area contributed by atoms with Crippen molar-refractivity contribution in [2.75, 3.05) is 13.2 Å². The SMILES string of the molecule is CCCCCCCCCCCCCCCCCC/C=C\CCCCCCCCCCCCCCCCCCC(O)C(=O)NC(COC1OC(CO)C(O)C(O)C1O)C(O)C(O)CCC/C=C/CC/C=C/CCCCCCCCCCCCCCCCCCCCCCCC. The van der Waals surface area contributed by atoms with Gasteiger partial charge in [0.1, 0.15) is 36.6 Å². The van der Waals surface area contributed by atoms with Gasteiger partial charge in [0, 0.05) is 0 Å². The predicted octanol–water partition coefficient (Wildman–Crippen LogP) is 21.7. The summed E-state index contributed by atoms with van der Waals surface area (Å²) < 4.78 is 11.2. The number of amides is 1. The summed E-state index contributed by atoms with van der Waals surface area (Å²) in [5, 5.41) is 76.7. The molecule has 9 unspecified atom stereocenters. The fourth-order valence-electron chi connectivity index (χ4n) is 13.6. The van der Waals surface area contributed by atoms with Crippen molar-refractivity contribution in [2.24, 2.45) is 0 Å². The maximum atomic E-state index is 13.3. The van der Waals surface area contributed by atoms with Gasteiger partial charge in [-0.1, -0.05) is 378 Å². The minimum Gasteiger partial charge on any atom is -0.394 e. The first-order chi connectivity index (χ1) is 46.2. The molecule has 1 heterocycles. The van der Waals surface area contributed by atoms with Gasteiger partial charge in [-0.25, -0.2) is 0 Å². The van der Waals surface area contributed by atoms with Crippen LogP contribution < -0.4 is 5.32 Å². The third kappa shape index (κ3) is 57.1. The highest BCUT2D eigenvalue weighted by Crippen LogP contribution is 2.24. The summed E-state index contributed by atoms with van der Waals surface area (Å²) in [5.74, 6) is -0.703. The van der Waals surface area contributed by atoms with Crippen molar-refractivity contribution in [3.8, 4) is 0 Å². The molecule has 9 atom stereocenters. The van der Waals surface area contributed by atoms with Crippen LogP contribution in [0.5, 0.6) is 0 Å². The molecule has 0 spiro atoms. The van der Waals surface area contributed by atoms with E-state index in [9.17, 15) is 40.5 Å². The van der Waals surface area contributed by atoms with E-state index in [4.69, 9.17) is 9.47 Å². The Bertz CT molecular complexity index is 1630. The van der Waals surface area contributed by atoms with Crippen LogP contribution in [0, 0.1) is 0 Å². The summed E-state index contributed by atoms with van der Waals surface area (Å²) in [7, 11) is 0. The highest BCUT2D eigenvalue weighted by atomic mass is 16.7. The van der Waals surface area contributed by atoms with Crippen LogP contribution in [0.4, 0.5) is 0 Å². The molecule has 0 saturated carbocycles. The van der Waals surface area contributed by atoms with Gasteiger partial charge in [-0.3, -0.25) is 4.79 Å². The molecule has 0 aromatic rings. The van der Waals surface area contributed by atoms with Gasteiger partial charge >= 0.3 is 0 Å². The van der Waals surface area contributed by atoms with E-state index in [-0.39, 0.29) is 12.8 Å². The predicted molar refractivity (Wildman–Crippen MR) is 399 cm³/mol. The summed E-state index contributed by atoms with van der Waals surface area (Å²) in [6.07, 6.45) is 82.8. The number of rotatable bonds is 74. The second-order valence-electron chi connectivity index (χ2n) is 29.2. The fraction of sp³-hybridized carbons (Fsp3) is 0.916. The molecule has 1 amide bonds. The van der Waals surface area contributed by atoms with Crippen molar-refractivity contribution in [1.82, 2.24) is 5.32 Å². The van der Waals surface area contributed by atoms with E-state index in [1.165, 1.54) is 334 Å². The lowest BCUT2D eigenvalue weighted by atomic mass is 9.98. The number of ether oxygens (including phenoxy) is 2. The summed E-state index contributed by atoms with van der Waals surface area (Å²) in [4.78, 5) is 13.3. The van der Waals surface area contributed by atoms with Crippen LogP contribution in [0.1, 0.15) is 418 Å². The molecular weight excluding hydrogens is 1170 g/mol. The van der Waals surface area contributed by atoms with Crippen LogP contribution in [0.3, 0.4) is 0 Å². The zero-order valence-electron chi connectivity index (χ0n) is 62.0. The normalized spacial score (nSPS) is 18.3. The Hall–Kier alpha value is -1.67. The highest BCUT2D eigenvalue weighted by Gasteiger charge is 2.44. The summed E-state index contributed by atoms with van der Waals surface area (Å²) in [5.41, 5.74) is 0. The van der Waals surface area contributed by atoms with Crippen LogP contribution in [0.15, 0.2) is 36.5 Å². The molecule has 1 aliphatic rings. The second kappa shape index (κ2) is 71.2. The molecule has 1 fully saturated rings. The standard InChI is InChI=1S/C83H159NO10/c1-3-5-7-9-11-13-15-17-19-21-23-25-27-29-31-33-35-36-37-38-39-41-43-45-47-49-51-53-55-57-59-61-63-65-67-69-71-76(87)82(92)84-74(73-93-83-81(91)80(90)79(89)77(72-85)94-83)78(88)75(86)70-68-66-64-62-60-58-56-54-52-50-48-46-44-42-40-34-32-30-28-26-24-22-20-18-16-14-12-10-8-6-4-2/h36-37,54,56,62,64,74-81,83,85-91H,3-35,38-53,55,57-61,63,65-73H2,1-2H3,(H,84,92)/b37-36-,56-54+,64-62+. The van der Waals surface area contributed by atoms with Crippen molar-refractivity contribution in [3.05, 3.63) is 36.5 Å². The maximum absolute atomic E-state index is 13.3. The molecule has 0 aromatic heterocycles. The Morgan fingerprint density at radius 2 is 0.638 bits per heavy atom. The quantitative estimate of drug-likeness (QED) is 0.0215. The minimum atomic E-state index is -1.67. The number of carbonyl (C=O) groups excluding carboxylic acids is 1. The van der Waals surface area contributed by atoms with Gasteiger partial charge in [0.25, 0.3) is 0 Å². The topological polar surface area (TPSA) is 189 Å². The molecule has 1 aliphatic heterocycles. The van der Waals surface area contributed by atoms with Gasteiger partial charge in [-0.2, -0.15) is 0 Å². The molecule has 0 radical (unpaired) electrons. The molecular formula is C83H159NO10. The third-order valence-corrected chi connectivity index (χ3v) is 20.1. The first-order valence-corrected chi connectivity index (χ1v) is 41.4. The Labute approximate surface area is 581 Å². The van der Waals surface area contributed by atoms with Crippen molar-refractivity contribution in [2.45, 2.75) is 473 Å². The number of hydrogen-bond donors (Lipinski definition) is 8. The van der Waals surface area contributed by atoms with Gasteiger partial charge in [-0.15, -0.1) is 0 Å². The smallest absolute Gasteiger partial charge is 0.249 e. The largest absolute Gasteiger partial charge is 0.394 e. The summed E-state index contributed by atoms with van der Waals surface area (Å²) >= 11 is 0. The summed E-state index contributed by atoms with van der Waals surface area (Å²) in [6.45, 7) is 3.51. The van der Waals surface area contributed by atoms with Crippen LogP contribution in [0.25, 0.3) is 0 Å². The van der Waals surface area contributed by atoms with Gasteiger partial charge < -0.3 is 50.5 Å². The first kappa shape index (κ1) is 90.3. The summed E-state index contributed by atoms with van der Waals surface area (Å²) in [6, 6.07) is -1.19. The lowest BCUT2D eigenvalue weighted by molar-refractivity contribution is -0.303. The van der Waals surface area contributed by atoms with E-state index >= 15 is 0 Å². The molecule has 8 N–H and O–H groups in total. The van der Waals surface area contributed by atoms with E-state index in [2.05, 4.69) is 55.6 Å². The van der Waals surface area contributed by atoms with Gasteiger partial charge in [0.2, 0.25) is 5.91 Å². The van der Waals surface area contributed by atoms with Crippen LogP contribution >= 0.6 is 0 Å². The van der Waals surface area contributed by atoms with Crippen molar-refractivity contribution in [3.63, 3.8) is 0 Å². The number of allylic oxidation sites excluding steroid dienone is 6. The lowest BCUT2D eigenvalue weighted by Crippen LogP contribution is -2.60. The zero-order valence-corrected chi connectivity index (χ0v) is 62.0. The van der Waals surface area contributed by atoms with E-state index in [1.54, 1.807) is 0 Å². The average molecular weight is 1330 g/mol. The number of unbranched alkanes of at least 4 members (excludes halogenated alkanes) is 56. The molecule has 11 heteroatoms. The number of carbonyl (C=O) groups is 1. The van der Waals surface area contributed by atoms with Crippen LogP contribution in [0.2, 0.25) is 0 Å². The fourth-order valence-corrected chi connectivity index (χ4v) is 13.6. The molecule has 94 heavy (non-hydrogen) atoms. The monoisotopic (exact) mass is 1330 g/mol. The molecule has 1 rings (SSSR count). The zero-order chi connectivity index (χ0) is 68.1. The second-order valence-corrected chi connectivity index (χ2v) is 29.2. The minimum absolute atomic E-state index is 0.248. The average Bonchev–Trinajstić information content (AvgIpc) is 0.901. The van der Waals surface area contributed by atoms with Crippen molar-refractivity contribution in [1.29, 1.82) is 0 Å². The van der Waals surface area contributed by atoms with Gasteiger partial charge in [0.05, 0.1) is 25.4 Å². The van der Waals surface area contributed by atoms with Crippen LogP contribution in [-0.2, 0) is 14.3 Å². The van der Waals surface area contributed by atoms with Crippen molar-refractivity contribution >= 4 is 5.91 Å². The number of nitrogens with one attached hydrogen (secondary N) is 1. The highest BCUT2D eigenvalue weighted by molar-refractivity contribution is 5.80. The Morgan fingerprint density at radius 1 is 0.362 bits per heavy atom. The lowest BCUT2D eigenvalue weighted by Gasteiger charge is -2.40. The number of hydrogen-bond acceptors (Lipinski definition) is 10. The Kier molecular flexibility index (Phi) is 68.4. The van der Waals surface area contributed by atoms with E-state index < -0.39 is 74.2 Å². The maximum Gasteiger partial charge on any atom is 0.249 e. The first-order valence-electron chi connectivity index (χ1n) is 41.4. The molecule has 0 bridgehead atoms. The third-order valence-electron chi connectivity index (χ3n) is 20.1. The molecule has 0 aromatic carbocycles. The Balaban J connectivity index is 2.14.